The summed E-state index contributed by atoms with van der Waals surface area (Å²) in [5.41, 5.74) is 0. The van der Waals surface area contributed by atoms with E-state index in [1.807, 2.05) is 0 Å². The largest absolute Gasteiger partial charge is 0.350 e. The first kappa shape index (κ1) is 41.9. The van der Waals surface area contributed by atoms with E-state index in [9.17, 15) is 0 Å². The highest BCUT2D eigenvalue weighted by atomic mass is 16.7. The lowest BCUT2D eigenvalue weighted by atomic mass is 9.96. The van der Waals surface area contributed by atoms with Gasteiger partial charge in [-0.15, -0.1) is 0 Å². The van der Waals surface area contributed by atoms with Crippen molar-refractivity contribution >= 4 is 0 Å². The van der Waals surface area contributed by atoms with Crippen molar-refractivity contribution in [2.75, 3.05) is 33.9 Å². The average molecular weight is 628 g/mol. The lowest BCUT2D eigenvalue weighted by Crippen LogP contribution is -2.44. The topological polar surface area (TPSA) is 21.7 Å². The monoisotopic (exact) mass is 628 g/mol. The third-order valence-electron chi connectivity index (χ3n) is 9.17. The Morgan fingerprint density at radius 1 is 0.511 bits per heavy atom. The van der Waals surface area contributed by atoms with Gasteiger partial charge >= 0.3 is 0 Å². The van der Waals surface area contributed by atoms with Gasteiger partial charge in [0.05, 0.1) is 13.2 Å². The summed E-state index contributed by atoms with van der Waals surface area (Å²) in [7, 11) is 4.31. The molecule has 1 aliphatic heterocycles. The highest BCUT2D eigenvalue weighted by molar-refractivity contribution is 4.93. The third kappa shape index (κ3) is 26.6. The molecule has 0 bridgehead atoms. The second kappa shape index (κ2) is 31.4. The summed E-state index contributed by atoms with van der Waals surface area (Å²) in [5.74, 6) is 0.212. The molecule has 3 heteroatoms. The van der Waals surface area contributed by atoms with Crippen molar-refractivity contribution in [3.8, 4) is 0 Å². The number of nitrogens with zero attached hydrogens (tertiary/aromatic N) is 1. The molecule has 262 valence electrons. The Morgan fingerprint density at radius 2 is 0.889 bits per heavy atom. The van der Waals surface area contributed by atoms with Crippen LogP contribution in [0, 0.1) is 5.92 Å². The standard InChI is InChI=1S/C42H77NO2/c1-5-7-9-11-13-15-17-19-21-23-25-27-29-31-33-36-42(44-39-41(40-45-42)35-38-43(3)4)37-34-32-30-28-26-24-22-20-18-16-14-12-10-8-6-2/h13-16,19-22,41H,5-12,17-18,23-40H2,1-4H3/b15-13-,16-14-,21-19+,22-20+. The zero-order valence-corrected chi connectivity index (χ0v) is 30.8. The van der Waals surface area contributed by atoms with Crippen molar-refractivity contribution in [1.82, 2.24) is 4.90 Å². The molecular formula is C42H77NO2. The van der Waals surface area contributed by atoms with Crippen LogP contribution in [0.5, 0.6) is 0 Å². The fourth-order valence-electron chi connectivity index (χ4n) is 6.06. The van der Waals surface area contributed by atoms with Crippen molar-refractivity contribution in [3.05, 3.63) is 48.6 Å². The van der Waals surface area contributed by atoms with Crippen molar-refractivity contribution in [3.63, 3.8) is 0 Å². The fraction of sp³-hybridized carbons (Fsp3) is 0.810. The third-order valence-corrected chi connectivity index (χ3v) is 9.17. The Kier molecular flexibility index (Phi) is 29.2. The number of unbranched alkanes of at least 4 members (excludes halogenated alkanes) is 16. The first-order valence-corrected chi connectivity index (χ1v) is 19.6. The first-order valence-electron chi connectivity index (χ1n) is 19.6. The summed E-state index contributed by atoms with van der Waals surface area (Å²) in [6.45, 7) is 7.39. The molecule has 0 saturated carbocycles. The highest BCUT2D eigenvalue weighted by Gasteiger charge is 2.36. The van der Waals surface area contributed by atoms with Crippen molar-refractivity contribution in [1.29, 1.82) is 0 Å². The zero-order chi connectivity index (χ0) is 32.5. The van der Waals surface area contributed by atoms with Gasteiger partial charge in [0, 0.05) is 18.8 Å². The Hall–Kier alpha value is -1.16. The maximum Gasteiger partial charge on any atom is 0.168 e. The smallest absolute Gasteiger partial charge is 0.168 e. The van der Waals surface area contributed by atoms with Gasteiger partial charge in [0.25, 0.3) is 0 Å². The fourth-order valence-corrected chi connectivity index (χ4v) is 6.06. The van der Waals surface area contributed by atoms with Gasteiger partial charge in [0.15, 0.2) is 5.79 Å². The molecule has 1 rings (SSSR count). The van der Waals surface area contributed by atoms with Crippen LogP contribution in [0.2, 0.25) is 0 Å². The van der Waals surface area contributed by atoms with Crippen molar-refractivity contribution in [2.24, 2.45) is 5.92 Å². The van der Waals surface area contributed by atoms with Gasteiger partial charge in [0.2, 0.25) is 0 Å². The van der Waals surface area contributed by atoms with E-state index in [0.29, 0.717) is 5.92 Å². The van der Waals surface area contributed by atoms with Crippen LogP contribution in [-0.2, 0) is 9.47 Å². The van der Waals surface area contributed by atoms with Crippen LogP contribution in [0.15, 0.2) is 48.6 Å². The molecule has 0 aromatic rings. The summed E-state index contributed by atoms with van der Waals surface area (Å²) < 4.78 is 13.2. The van der Waals surface area contributed by atoms with Gasteiger partial charge in [0.1, 0.15) is 0 Å². The van der Waals surface area contributed by atoms with Crippen LogP contribution in [0.4, 0.5) is 0 Å². The van der Waals surface area contributed by atoms with E-state index in [-0.39, 0.29) is 5.79 Å². The summed E-state index contributed by atoms with van der Waals surface area (Å²) in [6, 6.07) is 0. The Labute approximate surface area is 282 Å². The van der Waals surface area contributed by atoms with E-state index < -0.39 is 0 Å². The van der Waals surface area contributed by atoms with Gasteiger partial charge in [-0.05, 0) is 104 Å². The van der Waals surface area contributed by atoms with E-state index in [0.717, 1.165) is 51.9 Å². The van der Waals surface area contributed by atoms with Gasteiger partial charge in [-0.25, -0.2) is 0 Å². The van der Waals surface area contributed by atoms with E-state index in [2.05, 4.69) is 81.5 Å². The van der Waals surface area contributed by atoms with Crippen LogP contribution in [0.3, 0.4) is 0 Å². The lowest BCUT2D eigenvalue weighted by molar-refractivity contribution is -0.290. The molecule has 1 fully saturated rings. The van der Waals surface area contributed by atoms with Crippen LogP contribution < -0.4 is 0 Å². The molecule has 0 aromatic carbocycles. The second-order valence-electron chi connectivity index (χ2n) is 14.0. The van der Waals surface area contributed by atoms with Crippen LogP contribution in [-0.4, -0.2) is 44.5 Å². The predicted octanol–water partition coefficient (Wildman–Crippen LogP) is 12.9. The van der Waals surface area contributed by atoms with Gasteiger partial charge in [-0.3, -0.25) is 0 Å². The summed E-state index contributed by atoms with van der Waals surface area (Å²) >= 11 is 0. The minimum absolute atomic E-state index is 0.325. The SMILES string of the molecule is CCCCC/C=C\C/C=C/CCCCCCCC1(CCCCCCC/C=C/C/C=C\CCCCC)OCC(CCN(C)C)CO1. The number of allylic oxidation sites excluding steroid dienone is 8. The molecule has 1 aliphatic rings. The summed E-state index contributed by atoms with van der Waals surface area (Å²) in [6.07, 6.45) is 50.2. The molecule has 3 nitrogen and oxygen atoms in total. The molecule has 0 unspecified atom stereocenters. The molecule has 0 amide bonds. The van der Waals surface area contributed by atoms with Crippen LogP contribution >= 0.6 is 0 Å². The molecule has 0 aromatic heterocycles. The van der Waals surface area contributed by atoms with E-state index in [4.69, 9.17) is 9.47 Å². The zero-order valence-electron chi connectivity index (χ0n) is 30.8. The molecular weight excluding hydrogens is 550 g/mol. The molecule has 0 N–H and O–H groups in total. The summed E-state index contributed by atoms with van der Waals surface area (Å²) in [4.78, 5) is 2.27. The average Bonchev–Trinajstić information content (AvgIpc) is 3.04. The van der Waals surface area contributed by atoms with Crippen LogP contribution in [0.1, 0.15) is 174 Å². The normalized spacial score (nSPS) is 16.1. The van der Waals surface area contributed by atoms with E-state index >= 15 is 0 Å². The maximum absolute atomic E-state index is 6.58. The number of hydrogen-bond donors (Lipinski definition) is 0. The predicted molar refractivity (Wildman–Crippen MR) is 200 cm³/mol. The Balaban J connectivity index is 2.22. The molecule has 1 heterocycles. The minimum atomic E-state index is -0.325. The van der Waals surface area contributed by atoms with Crippen LogP contribution in [0.25, 0.3) is 0 Å². The van der Waals surface area contributed by atoms with Gasteiger partial charge in [-0.2, -0.15) is 0 Å². The van der Waals surface area contributed by atoms with E-state index in [1.165, 1.54) is 128 Å². The van der Waals surface area contributed by atoms with Crippen molar-refractivity contribution in [2.45, 2.75) is 180 Å². The quantitative estimate of drug-likeness (QED) is 0.0564. The molecule has 0 spiro atoms. The second-order valence-corrected chi connectivity index (χ2v) is 14.0. The Morgan fingerprint density at radius 3 is 1.29 bits per heavy atom. The maximum atomic E-state index is 6.58. The lowest BCUT2D eigenvalue weighted by Gasteiger charge is -2.41. The first-order chi connectivity index (χ1) is 22.1. The molecule has 0 atom stereocenters. The molecule has 45 heavy (non-hydrogen) atoms. The highest BCUT2D eigenvalue weighted by Crippen LogP contribution is 2.33. The number of ether oxygens (including phenoxy) is 2. The molecule has 0 radical (unpaired) electrons. The summed E-state index contributed by atoms with van der Waals surface area (Å²) in [5, 5.41) is 0. The number of hydrogen-bond acceptors (Lipinski definition) is 3. The van der Waals surface area contributed by atoms with Gasteiger partial charge < -0.3 is 14.4 Å². The minimum Gasteiger partial charge on any atom is -0.350 e. The van der Waals surface area contributed by atoms with E-state index in [1.54, 1.807) is 0 Å². The van der Waals surface area contributed by atoms with Gasteiger partial charge in [-0.1, -0.05) is 127 Å². The number of rotatable bonds is 31. The molecule has 0 aliphatic carbocycles. The van der Waals surface area contributed by atoms with Crippen molar-refractivity contribution < 1.29 is 9.47 Å². The molecule has 1 saturated heterocycles. The Bertz CT molecular complexity index is 681.